The predicted molar refractivity (Wildman–Crippen MR) is 125 cm³/mol. The molecule has 160 valence electrons. The van der Waals surface area contributed by atoms with E-state index in [1.165, 1.54) is 0 Å². The van der Waals surface area contributed by atoms with E-state index in [9.17, 15) is 9.59 Å². The normalized spacial score (nSPS) is 11.5. The number of nitrogens with zero attached hydrogens (tertiary/aromatic N) is 1. The lowest BCUT2D eigenvalue weighted by molar-refractivity contribution is 0.0987. The summed E-state index contributed by atoms with van der Waals surface area (Å²) in [5.74, 6) is 0.449. The second-order valence-electron chi connectivity index (χ2n) is 7.28. The van der Waals surface area contributed by atoms with Gasteiger partial charge in [-0.3, -0.25) is 9.59 Å². The molecule has 0 radical (unpaired) electrons. The number of carbonyl (C=O) groups excluding carboxylic acids is 2. The van der Waals surface area contributed by atoms with Crippen molar-refractivity contribution < 1.29 is 14.3 Å². The number of carbonyl (C=O) groups is 2. The molecule has 0 bridgehead atoms. The van der Waals surface area contributed by atoms with Gasteiger partial charge in [-0.1, -0.05) is 25.1 Å². The van der Waals surface area contributed by atoms with Crippen LogP contribution in [0.15, 0.2) is 78.9 Å². The van der Waals surface area contributed by atoms with Crippen molar-refractivity contribution in [3.05, 3.63) is 90.0 Å². The quantitative estimate of drug-likeness (QED) is 0.506. The second-order valence-corrected chi connectivity index (χ2v) is 7.28. The Bertz CT molecular complexity index is 999. The minimum absolute atomic E-state index is 0.0801. The number of hydrogen-bond donors (Lipinski definition) is 1. The lowest BCUT2D eigenvalue weighted by atomic mass is 10.1. The van der Waals surface area contributed by atoms with E-state index >= 15 is 0 Å². The van der Waals surface area contributed by atoms with Crippen molar-refractivity contribution in [3.63, 3.8) is 0 Å². The number of amides is 2. The topological polar surface area (TPSA) is 58.6 Å². The molecule has 31 heavy (non-hydrogen) atoms. The summed E-state index contributed by atoms with van der Waals surface area (Å²) in [6.45, 7) is 6.58. The summed E-state index contributed by atoms with van der Waals surface area (Å²) in [5, 5.41) is 2.87. The Balaban J connectivity index is 1.65. The first-order valence-corrected chi connectivity index (χ1v) is 10.6. The lowest BCUT2D eigenvalue weighted by Crippen LogP contribution is -2.30. The number of benzene rings is 3. The maximum absolute atomic E-state index is 12.9. The molecule has 0 aliphatic heterocycles. The van der Waals surface area contributed by atoms with Crippen LogP contribution < -0.4 is 15.0 Å². The van der Waals surface area contributed by atoms with Crippen LogP contribution in [0.1, 0.15) is 47.9 Å². The van der Waals surface area contributed by atoms with Crippen LogP contribution in [0.25, 0.3) is 0 Å². The summed E-state index contributed by atoms with van der Waals surface area (Å²) in [6, 6.07) is 23.6. The molecule has 0 aromatic heterocycles. The number of nitrogens with one attached hydrogen (secondary N) is 1. The molecule has 0 spiro atoms. The monoisotopic (exact) mass is 416 g/mol. The number of para-hydroxylation sites is 1. The van der Waals surface area contributed by atoms with Crippen LogP contribution in [-0.2, 0) is 0 Å². The smallest absolute Gasteiger partial charge is 0.258 e. The fourth-order valence-corrected chi connectivity index (χ4v) is 3.11. The van der Waals surface area contributed by atoms with Crippen molar-refractivity contribution in [1.82, 2.24) is 0 Å². The average Bonchev–Trinajstić information content (AvgIpc) is 2.81. The summed E-state index contributed by atoms with van der Waals surface area (Å²) >= 11 is 0. The van der Waals surface area contributed by atoms with Gasteiger partial charge in [0.25, 0.3) is 11.8 Å². The molecule has 0 saturated carbocycles. The number of rotatable bonds is 8. The first-order chi connectivity index (χ1) is 15.0. The molecule has 5 nitrogen and oxygen atoms in total. The van der Waals surface area contributed by atoms with Crippen LogP contribution in [0.3, 0.4) is 0 Å². The van der Waals surface area contributed by atoms with Gasteiger partial charge in [0.1, 0.15) is 5.75 Å². The van der Waals surface area contributed by atoms with Gasteiger partial charge in [0.2, 0.25) is 0 Å². The zero-order valence-corrected chi connectivity index (χ0v) is 18.2. The number of anilines is 2. The molecule has 3 rings (SSSR count). The average molecular weight is 417 g/mol. The standard InChI is InChI=1S/C26H28N2O3/c1-4-19(3)31-24-17-13-20(14-18-24)25(29)27-22-15-11-21(12-16-22)26(30)28(5-2)23-9-7-6-8-10-23/h6-19H,4-5H2,1-3H3,(H,27,29). The Labute approximate surface area is 183 Å². The Morgan fingerprint density at radius 3 is 2.06 bits per heavy atom. The molecule has 1 atom stereocenters. The zero-order valence-electron chi connectivity index (χ0n) is 18.2. The molecule has 0 heterocycles. The third kappa shape index (κ3) is 5.72. The van der Waals surface area contributed by atoms with Gasteiger partial charge in [-0.2, -0.15) is 0 Å². The highest BCUT2D eigenvalue weighted by molar-refractivity contribution is 6.07. The Morgan fingerprint density at radius 1 is 0.871 bits per heavy atom. The number of hydrogen-bond acceptors (Lipinski definition) is 3. The Hall–Kier alpha value is -3.60. The van der Waals surface area contributed by atoms with E-state index in [1.54, 1.807) is 53.4 Å². The molecular formula is C26H28N2O3. The summed E-state index contributed by atoms with van der Waals surface area (Å²) < 4.78 is 5.74. The molecule has 5 heteroatoms. The van der Waals surface area contributed by atoms with Gasteiger partial charge in [0.15, 0.2) is 0 Å². The van der Waals surface area contributed by atoms with E-state index in [4.69, 9.17) is 4.74 Å². The molecule has 0 fully saturated rings. The highest BCUT2D eigenvalue weighted by atomic mass is 16.5. The van der Waals surface area contributed by atoms with E-state index in [-0.39, 0.29) is 17.9 Å². The number of ether oxygens (including phenoxy) is 1. The molecule has 3 aromatic carbocycles. The van der Waals surface area contributed by atoms with Crippen LogP contribution in [0.4, 0.5) is 11.4 Å². The van der Waals surface area contributed by atoms with E-state index in [1.807, 2.05) is 44.2 Å². The summed E-state index contributed by atoms with van der Waals surface area (Å²) in [7, 11) is 0. The third-order valence-corrected chi connectivity index (χ3v) is 5.05. The van der Waals surface area contributed by atoms with Crippen LogP contribution in [0.2, 0.25) is 0 Å². The molecule has 1 unspecified atom stereocenters. The molecule has 0 saturated heterocycles. The minimum Gasteiger partial charge on any atom is -0.491 e. The van der Waals surface area contributed by atoms with Crippen LogP contribution in [-0.4, -0.2) is 24.5 Å². The van der Waals surface area contributed by atoms with Gasteiger partial charge in [0, 0.05) is 29.0 Å². The Morgan fingerprint density at radius 2 is 1.48 bits per heavy atom. The van der Waals surface area contributed by atoms with Crippen molar-refractivity contribution in [1.29, 1.82) is 0 Å². The summed E-state index contributed by atoms with van der Waals surface area (Å²) in [5.41, 5.74) is 2.59. The van der Waals surface area contributed by atoms with Crippen LogP contribution >= 0.6 is 0 Å². The first kappa shape index (κ1) is 22.1. The van der Waals surface area contributed by atoms with Crippen molar-refractivity contribution in [2.45, 2.75) is 33.3 Å². The second kappa shape index (κ2) is 10.4. The van der Waals surface area contributed by atoms with Crippen LogP contribution in [0.5, 0.6) is 5.75 Å². The van der Waals surface area contributed by atoms with Gasteiger partial charge in [0.05, 0.1) is 6.10 Å². The molecule has 1 N–H and O–H groups in total. The van der Waals surface area contributed by atoms with Crippen molar-refractivity contribution in [2.24, 2.45) is 0 Å². The van der Waals surface area contributed by atoms with Gasteiger partial charge >= 0.3 is 0 Å². The van der Waals surface area contributed by atoms with Gasteiger partial charge < -0.3 is 15.0 Å². The minimum atomic E-state index is -0.214. The maximum atomic E-state index is 12.9. The predicted octanol–water partition coefficient (Wildman–Crippen LogP) is 5.78. The van der Waals surface area contributed by atoms with Gasteiger partial charge in [-0.05, 0) is 80.9 Å². The lowest BCUT2D eigenvalue weighted by Gasteiger charge is -2.21. The molecule has 0 aliphatic carbocycles. The Kier molecular flexibility index (Phi) is 7.44. The van der Waals surface area contributed by atoms with E-state index in [2.05, 4.69) is 12.2 Å². The first-order valence-electron chi connectivity index (χ1n) is 10.6. The molecule has 2 amide bonds. The van der Waals surface area contributed by atoms with Gasteiger partial charge in [-0.25, -0.2) is 0 Å². The molecular weight excluding hydrogens is 388 g/mol. The van der Waals surface area contributed by atoms with Crippen molar-refractivity contribution in [3.8, 4) is 5.75 Å². The van der Waals surface area contributed by atoms with E-state index < -0.39 is 0 Å². The highest BCUT2D eigenvalue weighted by Gasteiger charge is 2.16. The fraction of sp³-hybridized carbons (Fsp3) is 0.231. The zero-order chi connectivity index (χ0) is 22.2. The van der Waals surface area contributed by atoms with Gasteiger partial charge in [-0.15, -0.1) is 0 Å². The largest absolute Gasteiger partial charge is 0.491 e. The summed E-state index contributed by atoms with van der Waals surface area (Å²) in [4.78, 5) is 27.1. The molecule has 0 aliphatic rings. The SMILES string of the molecule is CCC(C)Oc1ccc(C(=O)Nc2ccc(C(=O)N(CC)c3ccccc3)cc2)cc1. The fourth-order valence-electron chi connectivity index (χ4n) is 3.11. The van der Waals surface area contributed by atoms with E-state index in [0.29, 0.717) is 23.4 Å². The van der Waals surface area contributed by atoms with Crippen molar-refractivity contribution >= 4 is 23.2 Å². The highest BCUT2D eigenvalue weighted by Crippen LogP contribution is 2.19. The van der Waals surface area contributed by atoms with Crippen LogP contribution in [0, 0.1) is 0 Å². The third-order valence-electron chi connectivity index (χ3n) is 5.05. The summed E-state index contributed by atoms with van der Waals surface area (Å²) in [6.07, 6.45) is 1.05. The maximum Gasteiger partial charge on any atom is 0.258 e. The molecule has 3 aromatic rings. The van der Waals surface area contributed by atoms with E-state index in [0.717, 1.165) is 17.9 Å². The van der Waals surface area contributed by atoms with Crippen molar-refractivity contribution in [2.75, 3.05) is 16.8 Å².